The van der Waals surface area contributed by atoms with E-state index < -0.39 is 29.4 Å². The maximum absolute atomic E-state index is 13.3. The molecule has 0 amide bonds. The third kappa shape index (κ3) is 8.09. The normalized spacial score (nSPS) is 12.5. The molecule has 0 spiro atoms. The van der Waals surface area contributed by atoms with Gasteiger partial charge in [0, 0.05) is 29.9 Å². The Bertz CT molecular complexity index is 1330. The first-order valence-corrected chi connectivity index (χ1v) is 12.4. The van der Waals surface area contributed by atoms with Crippen molar-refractivity contribution in [2.45, 2.75) is 64.3 Å². The van der Waals surface area contributed by atoms with Crippen molar-refractivity contribution in [3.8, 4) is 6.07 Å². The Morgan fingerprint density at radius 3 is 2.28 bits per heavy atom. The molecular formula is C28H27F6N3O2. The fraction of sp³-hybridized carbons (Fsp3) is 0.393. The van der Waals surface area contributed by atoms with Gasteiger partial charge in [-0.05, 0) is 48.4 Å². The van der Waals surface area contributed by atoms with Crippen molar-refractivity contribution >= 4 is 23.1 Å². The summed E-state index contributed by atoms with van der Waals surface area (Å²) in [5.41, 5.74) is -2.77. The predicted octanol–water partition coefficient (Wildman–Crippen LogP) is 7.93. The summed E-state index contributed by atoms with van der Waals surface area (Å²) in [6.07, 6.45) is 0.0983. The Morgan fingerprint density at radius 2 is 1.67 bits per heavy atom. The smallest absolute Gasteiger partial charge is 0.416 e. The third-order valence-corrected chi connectivity index (χ3v) is 6.04. The fourth-order valence-corrected chi connectivity index (χ4v) is 4.11. The van der Waals surface area contributed by atoms with Gasteiger partial charge in [-0.3, -0.25) is 0 Å². The Kier molecular flexibility index (Phi) is 9.78. The summed E-state index contributed by atoms with van der Waals surface area (Å²) in [5.74, 6) is -0.816. The Hall–Kier alpha value is -3.81. The highest BCUT2D eigenvalue weighted by atomic mass is 19.4. The van der Waals surface area contributed by atoms with E-state index in [1.165, 1.54) is 23.0 Å². The van der Waals surface area contributed by atoms with Crippen molar-refractivity contribution in [2.75, 3.05) is 6.61 Å². The van der Waals surface area contributed by atoms with Crippen molar-refractivity contribution in [2.24, 2.45) is 0 Å². The summed E-state index contributed by atoms with van der Waals surface area (Å²) in [4.78, 5) is 16.7. The molecule has 0 N–H and O–H groups in total. The monoisotopic (exact) mass is 551 g/mol. The van der Waals surface area contributed by atoms with E-state index in [2.05, 4.69) is 11.9 Å². The number of carbonyl (C=O) groups excluding carboxylic acids is 1. The number of ether oxygens (including phenoxy) is 1. The number of carbonyl (C=O) groups is 1. The molecule has 0 atom stereocenters. The quantitative estimate of drug-likeness (QED) is 0.0798. The first-order valence-electron chi connectivity index (χ1n) is 12.4. The summed E-state index contributed by atoms with van der Waals surface area (Å²) in [5, 5.41) is 9.99. The van der Waals surface area contributed by atoms with E-state index in [0.717, 1.165) is 32.1 Å². The van der Waals surface area contributed by atoms with Crippen LogP contribution in [0.2, 0.25) is 0 Å². The van der Waals surface area contributed by atoms with E-state index in [1.807, 2.05) is 0 Å². The van der Waals surface area contributed by atoms with Crippen LogP contribution < -0.4 is 0 Å². The minimum absolute atomic E-state index is 0.0691. The van der Waals surface area contributed by atoms with Crippen LogP contribution in [0.5, 0.6) is 0 Å². The van der Waals surface area contributed by atoms with Gasteiger partial charge < -0.3 is 9.30 Å². The molecule has 208 valence electrons. The molecule has 0 saturated heterocycles. The van der Waals surface area contributed by atoms with Gasteiger partial charge in [0.25, 0.3) is 0 Å². The van der Waals surface area contributed by atoms with Gasteiger partial charge in [-0.15, -0.1) is 0 Å². The molecule has 0 radical (unpaired) electrons. The van der Waals surface area contributed by atoms with Crippen LogP contribution in [0.15, 0.2) is 48.3 Å². The SMILES string of the molecule is CCCCCCCCOC(=O)/C(C#N)=C/c1cn(Cc2cc(C(F)(F)F)cc(C(F)(F)F)c2)c2ncccc12. The first kappa shape index (κ1) is 29.7. The number of fused-ring (bicyclic) bond motifs is 1. The van der Waals surface area contributed by atoms with Crippen LogP contribution in [0.1, 0.15) is 67.7 Å². The van der Waals surface area contributed by atoms with Crippen molar-refractivity contribution in [3.63, 3.8) is 0 Å². The molecule has 0 bridgehead atoms. The summed E-state index contributed by atoms with van der Waals surface area (Å²) >= 11 is 0. The molecule has 0 aliphatic heterocycles. The highest BCUT2D eigenvalue weighted by Gasteiger charge is 2.37. The number of alkyl halides is 6. The minimum atomic E-state index is -4.97. The molecule has 2 aromatic heterocycles. The van der Waals surface area contributed by atoms with Crippen molar-refractivity contribution in [3.05, 3.63) is 70.6 Å². The van der Waals surface area contributed by atoms with Gasteiger partial charge in [0.1, 0.15) is 17.3 Å². The highest BCUT2D eigenvalue weighted by Crippen LogP contribution is 2.36. The molecular weight excluding hydrogens is 524 g/mol. The summed E-state index contributed by atoms with van der Waals surface area (Å²) in [7, 11) is 0. The van der Waals surface area contributed by atoms with E-state index in [4.69, 9.17) is 4.74 Å². The molecule has 0 aliphatic carbocycles. The molecule has 0 fully saturated rings. The standard InChI is InChI=1S/C28H27F6N3O2/c1-2-3-4-5-6-7-11-39-26(38)20(16-35)14-21-18-37(25-24(21)9-8-10-36-25)17-19-12-22(27(29,30)31)15-23(13-19)28(32,33)34/h8-10,12-15,18H,2-7,11,17H2,1H3/b20-14+. The van der Waals surface area contributed by atoms with Crippen molar-refractivity contribution in [1.29, 1.82) is 5.26 Å². The van der Waals surface area contributed by atoms with Crippen molar-refractivity contribution in [1.82, 2.24) is 9.55 Å². The van der Waals surface area contributed by atoms with E-state index in [-0.39, 0.29) is 36.0 Å². The van der Waals surface area contributed by atoms with Gasteiger partial charge >= 0.3 is 18.3 Å². The molecule has 39 heavy (non-hydrogen) atoms. The first-order chi connectivity index (χ1) is 18.4. The second-order valence-electron chi connectivity index (χ2n) is 9.07. The van der Waals surface area contributed by atoms with Crippen molar-refractivity contribution < 1.29 is 35.9 Å². The van der Waals surface area contributed by atoms with Crippen LogP contribution in [0, 0.1) is 11.3 Å². The van der Waals surface area contributed by atoms with Crippen LogP contribution in [0.4, 0.5) is 26.3 Å². The highest BCUT2D eigenvalue weighted by molar-refractivity contribution is 6.00. The Morgan fingerprint density at radius 1 is 1.03 bits per heavy atom. The molecule has 11 heteroatoms. The predicted molar refractivity (Wildman–Crippen MR) is 133 cm³/mol. The van der Waals surface area contributed by atoms with Gasteiger partial charge in [-0.25, -0.2) is 9.78 Å². The van der Waals surface area contributed by atoms with Crippen LogP contribution >= 0.6 is 0 Å². The number of unbranched alkanes of at least 4 members (excludes halogenated alkanes) is 5. The molecule has 1 aromatic carbocycles. The lowest BCUT2D eigenvalue weighted by atomic mass is 10.0. The van der Waals surface area contributed by atoms with Crippen LogP contribution in [-0.4, -0.2) is 22.1 Å². The summed E-state index contributed by atoms with van der Waals surface area (Å²) < 4.78 is 86.4. The van der Waals surface area contributed by atoms with Gasteiger partial charge in [0.15, 0.2) is 0 Å². The lowest BCUT2D eigenvalue weighted by Crippen LogP contribution is -2.12. The number of rotatable bonds is 11. The second-order valence-corrected chi connectivity index (χ2v) is 9.07. The number of halogens is 6. The average Bonchev–Trinajstić information content (AvgIpc) is 3.22. The molecule has 5 nitrogen and oxygen atoms in total. The zero-order chi connectivity index (χ0) is 28.6. The van der Waals surface area contributed by atoms with E-state index in [9.17, 15) is 36.4 Å². The molecule has 0 aliphatic rings. The number of benzene rings is 1. The van der Waals surface area contributed by atoms with Gasteiger partial charge in [0.2, 0.25) is 0 Å². The zero-order valence-corrected chi connectivity index (χ0v) is 21.2. The number of hydrogen-bond acceptors (Lipinski definition) is 4. The molecule has 3 rings (SSSR count). The van der Waals surface area contributed by atoms with E-state index in [0.29, 0.717) is 29.5 Å². The Labute approximate surface area is 221 Å². The summed E-state index contributed by atoms with van der Waals surface area (Å²) in [6, 6.07) is 6.37. The van der Waals surface area contributed by atoms with Gasteiger partial charge in [-0.2, -0.15) is 31.6 Å². The molecule has 3 aromatic rings. The molecule has 0 saturated carbocycles. The number of esters is 1. The third-order valence-electron chi connectivity index (χ3n) is 6.04. The Balaban J connectivity index is 1.87. The number of aromatic nitrogens is 2. The van der Waals surface area contributed by atoms with Crippen LogP contribution in [0.25, 0.3) is 17.1 Å². The second kappa shape index (κ2) is 12.8. The largest absolute Gasteiger partial charge is 0.462 e. The maximum Gasteiger partial charge on any atom is 0.416 e. The van der Waals surface area contributed by atoms with E-state index in [1.54, 1.807) is 18.2 Å². The van der Waals surface area contributed by atoms with Crippen LogP contribution in [0.3, 0.4) is 0 Å². The summed E-state index contributed by atoms with van der Waals surface area (Å²) in [6.45, 7) is 1.91. The van der Waals surface area contributed by atoms with Gasteiger partial charge in [0.05, 0.1) is 17.7 Å². The topological polar surface area (TPSA) is 67.9 Å². The fourth-order valence-electron chi connectivity index (χ4n) is 4.11. The average molecular weight is 552 g/mol. The van der Waals surface area contributed by atoms with Crippen LogP contribution in [-0.2, 0) is 28.4 Å². The van der Waals surface area contributed by atoms with Gasteiger partial charge in [-0.1, -0.05) is 39.0 Å². The number of nitrogens with zero attached hydrogens (tertiary/aromatic N) is 3. The van der Waals surface area contributed by atoms with E-state index >= 15 is 0 Å². The lowest BCUT2D eigenvalue weighted by Gasteiger charge is -2.14. The minimum Gasteiger partial charge on any atom is -0.462 e. The number of nitriles is 1. The maximum atomic E-state index is 13.3. The molecule has 2 heterocycles. The zero-order valence-electron chi connectivity index (χ0n) is 21.2. The lowest BCUT2D eigenvalue weighted by molar-refractivity contribution is -0.143. The number of hydrogen-bond donors (Lipinski definition) is 0. The number of pyridine rings is 1. The molecule has 0 unspecified atom stereocenters.